The molecule has 4 aromatic rings. The summed E-state index contributed by atoms with van der Waals surface area (Å²) in [7, 11) is 3.07. The molecule has 51 heavy (non-hydrogen) atoms. The summed E-state index contributed by atoms with van der Waals surface area (Å²) in [4.78, 5) is 39.6. The molecule has 3 saturated heterocycles. The number of nitrogens with one attached hydrogen (secondary N) is 3. The molecule has 0 radical (unpaired) electrons. The molecule has 2 amide bonds. The van der Waals surface area contributed by atoms with Gasteiger partial charge in [-0.2, -0.15) is 0 Å². The minimum atomic E-state index is -0.502. The lowest BCUT2D eigenvalue weighted by molar-refractivity contribution is -0.121. The highest BCUT2D eigenvalue weighted by atomic mass is 35.5. The van der Waals surface area contributed by atoms with Crippen molar-refractivity contribution < 1.29 is 28.2 Å². The molecule has 2 aromatic heterocycles. The number of amides is 2. The van der Waals surface area contributed by atoms with Crippen LogP contribution in [0, 0.1) is 5.82 Å². The average molecular weight is 714 g/mol. The fourth-order valence-electron chi connectivity index (χ4n) is 7.59. The van der Waals surface area contributed by atoms with Crippen molar-refractivity contribution in [2.75, 3.05) is 40.5 Å². The molecule has 3 N–H and O–H groups in total. The Bertz CT molecular complexity index is 2040. The van der Waals surface area contributed by atoms with E-state index in [1.807, 2.05) is 12.1 Å². The van der Waals surface area contributed by atoms with Crippen molar-refractivity contribution in [3.63, 3.8) is 0 Å². The molecule has 2 aromatic carbocycles. The van der Waals surface area contributed by atoms with Crippen LogP contribution in [0.5, 0.6) is 17.5 Å². The van der Waals surface area contributed by atoms with Crippen LogP contribution in [-0.2, 0) is 16.1 Å². The second-order valence-electron chi connectivity index (χ2n) is 13.5. The predicted molar refractivity (Wildman–Crippen MR) is 187 cm³/mol. The quantitative estimate of drug-likeness (QED) is 0.216. The Labute approximate surface area is 299 Å². The van der Waals surface area contributed by atoms with Crippen LogP contribution in [0.15, 0.2) is 48.7 Å². The Morgan fingerprint density at radius 1 is 1.00 bits per heavy atom. The third kappa shape index (κ3) is 6.23. The number of pyridine rings is 1. The molecule has 0 aliphatic carbocycles. The van der Waals surface area contributed by atoms with Crippen LogP contribution < -0.4 is 30.2 Å². The smallest absolute Gasteiger partial charge is 0.237 e. The van der Waals surface area contributed by atoms with E-state index in [0.717, 1.165) is 31.5 Å². The molecule has 0 saturated carbocycles. The van der Waals surface area contributed by atoms with Crippen LogP contribution in [0.2, 0.25) is 5.02 Å². The van der Waals surface area contributed by atoms with Gasteiger partial charge in [0.2, 0.25) is 23.6 Å². The van der Waals surface area contributed by atoms with E-state index < -0.39 is 5.82 Å². The van der Waals surface area contributed by atoms with Gasteiger partial charge in [0.05, 0.1) is 54.0 Å². The van der Waals surface area contributed by atoms with E-state index in [4.69, 9.17) is 30.8 Å². The first-order valence-electron chi connectivity index (χ1n) is 17.0. The van der Waals surface area contributed by atoms with Gasteiger partial charge < -0.3 is 30.2 Å². The number of hydrogen-bond acceptors (Lipinski definition) is 10. The van der Waals surface area contributed by atoms with E-state index in [2.05, 4.69) is 30.8 Å². The van der Waals surface area contributed by atoms with E-state index in [9.17, 15) is 9.59 Å². The van der Waals surface area contributed by atoms with Gasteiger partial charge in [-0.25, -0.2) is 14.4 Å². The third-order valence-corrected chi connectivity index (χ3v) is 10.5. The number of benzene rings is 2. The topological polar surface area (TPSA) is 140 Å². The minimum absolute atomic E-state index is 0.0664. The van der Waals surface area contributed by atoms with Crippen molar-refractivity contribution in [3.05, 3.63) is 70.8 Å². The van der Waals surface area contributed by atoms with Gasteiger partial charge in [-0.3, -0.25) is 19.5 Å². The summed E-state index contributed by atoms with van der Waals surface area (Å²) < 4.78 is 33.8. The van der Waals surface area contributed by atoms with E-state index in [1.165, 1.54) is 7.11 Å². The van der Waals surface area contributed by atoms with E-state index in [1.54, 1.807) is 43.6 Å². The molecule has 4 aliphatic rings. The molecule has 8 rings (SSSR count). The molecule has 14 heteroatoms. The maximum atomic E-state index is 16.4. The Kier molecular flexibility index (Phi) is 8.73. The number of fused-ring (bicyclic) bond motifs is 1. The van der Waals surface area contributed by atoms with Crippen molar-refractivity contribution in [2.45, 2.75) is 49.9 Å². The van der Waals surface area contributed by atoms with E-state index in [0.29, 0.717) is 88.8 Å². The normalized spacial score (nSPS) is 20.5. The van der Waals surface area contributed by atoms with Crippen molar-refractivity contribution in [1.82, 2.24) is 35.8 Å². The second-order valence-corrected chi connectivity index (χ2v) is 13.9. The first-order chi connectivity index (χ1) is 24.7. The lowest BCUT2D eigenvalue weighted by Gasteiger charge is -2.47. The maximum absolute atomic E-state index is 16.4. The van der Waals surface area contributed by atoms with Gasteiger partial charge in [-0.05, 0) is 18.9 Å². The molecule has 4 aliphatic heterocycles. The van der Waals surface area contributed by atoms with Crippen molar-refractivity contribution in [1.29, 1.82) is 0 Å². The fraction of sp³-hybridized carbons (Fsp3) is 0.378. The number of halogens is 2. The number of carbonyl (C=O) groups excluding carboxylic acids is 2. The zero-order valence-electron chi connectivity index (χ0n) is 28.2. The van der Waals surface area contributed by atoms with Crippen molar-refractivity contribution in [3.8, 4) is 51.2 Å². The van der Waals surface area contributed by atoms with E-state index >= 15 is 4.39 Å². The molecular weight excluding hydrogens is 677 g/mol. The number of nitrogens with zero attached hydrogens (tertiary/aromatic N) is 4. The highest BCUT2D eigenvalue weighted by Gasteiger charge is 2.47. The number of aromatic nitrogens is 3. The van der Waals surface area contributed by atoms with Crippen molar-refractivity contribution in [2.24, 2.45) is 0 Å². The zero-order chi connectivity index (χ0) is 35.3. The van der Waals surface area contributed by atoms with E-state index in [-0.39, 0.29) is 35.0 Å². The summed E-state index contributed by atoms with van der Waals surface area (Å²) in [5.41, 5.74) is 3.76. The fourth-order valence-corrected chi connectivity index (χ4v) is 7.92. The van der Waals surface area contributed by atoms with Crippen molar-refractivity contribution >= 4 is 23.4 Å². The zero-order valence-corrected chi connectivity index (χ0v) is 29.0. The third-order valence-electron chi connectivity index (χ3n) is 10.1. The molecule has 0 unspecified atom stereocenters. The van der Waals surface area contributed by atoms with Gasteiger partial charge in [-0.1, -0.05) is 41.9 Å². The van der Waals surface area contributed by atoms with Gasteiger partial charge in [0.25, 0.3) is 0 Å². The van der Waals surface area contributed by atoms with Gasteiger partial charge in [0.1, 0.15) is 23.9 Å². The van der Waals surface area contributed by atoms with Gasteiger partial charge in [-0.15, -0.1) is 0 Å². The largest absolute Gasteiger partial charge is 0.491 e. The predicted octanol–water partition coefficient (Wildman–Crippen LogP) is 4.45. The lowest BCUT2D eigenvalue weighted by Crippen LogP contribution is -2.66. The number of carbonyl (C=O) groups is 2. The highest BCUT2D eigenvalue weighted by molar-refractivity contribution is 6.36. The summed E-state index contributed by atoms with van der Waals surface area (Å²) in [6, 6.07) is 12.2. The molecular formula is C37H37ClFN7O5. The lowest BCUT2D eigenvalue weighted by atomic mass is 9.88. The summed E-state index contributed by atoms with van der Waals surface area (Å²) in [6.45, 7) is 2.97. The Morgan fingerprint density at radius 3 is 2.47 bits per heavy atom. The number of rotatable bonds is 10. The SMILES string of the molecule is COc1nc(-c2cccc(-c3cccc(-c4cc5c(c(OC)n4)[C@@H](NC[C@@H]4CCC(=O)N4)CO5)c3Cl)c2F)cnc1CN1CC2(CCC(=O)N2)C1. The van der Waals surface area contributed by atoms with Crippen LogP contribution in [-0.4, -0.2) is 83.7 Å². The Hall–Kier alpha value is -4.85. The van der Waals surface area contributed by atoms with Gasteiger partial charge >= 0.3 is 0 Å². The number of likely N-dealkylation sites (tertiary alicyclic amines) is 1. The molecule has 6 heterocycles. The maximum Gasteiger partial charge on any atom is 0.237 e. The molecule has 264 valence electrons. The standard InChI is InChI=1S/C37H37ClFN7O5/c1-49-35-27(16-46-18-37(19-46)12-11-31(48)45-37)41-15-26(44-35)24-8-4-6-22(34(24)39)21-5-3-7-23(33(21)38)25-13-29-32(36(43-25)50-2)28(17-51-29)40-14-20-9-10-30(47)42-20/h3-8,13,15,20,28,40H,9-12,14,16-19H2,1-2H3,(H,42,47)(H,45,48)/t20-,28-/m0/s1. The monoisotopic (exact) mass is 713 g/mol. The molecule has 12 nitrogen and oxygen atoms in total. The molecule has 2 atom stereocenters. The van der Waals surface area contributed by atoms with Crippen LogP contribution in [0.25, 0.3) is 33.6 Å². The molecule has 3 fully saturated rings. The van der Waals surface area contributed by atoms with Crippen LogP contribution in [0.1, 0.15) is 43.0 Å². The summed E-state index contributed by atoms with van der Waals surface area (Å²) in [5, 5.41) is 9.85. The molecule has 1 spiro atoms. The summed E-state index contributed by atoms with van der Waals surface area (Å²) in [5.74, 6) is 0.996. The Morgan fingerprint density at radius 2 is 1.75 bits per heavy atom. The van der Waals surface area contributed by atoms with Crippen LogP contribution >= 0.6 is 11.6 Å². The number of methoxy groups -OCH3 is 2. The summed E-state index contributed by atoms with van der Waals surface area (Å²) >= 11 is 7.04. The average Bonchev–Trinajstić information content (AvgIpc) is 3.85. The van der Waals surface area contributed by atoms with Crippen LogP contribution in [0.3, 0.4) is 0 Å². The molecule has 0 bridgehead atoms. The van der Waals surface area contributed by atoms with Crippen LogP contribution in [0.4, 0.5) is 4.39 Å². The first kappa shape index (κ1) is 33.3. The van der Waals surface area contributed by atoms with Gasteiger partial charge in [0.15, 0.2) is 0 Å². The summed E-state index contributed by atoms with van der Waals surface area (Å²) in [6.07, 6.45) is 4.27. The second kappa shape index (κ2) is 13.4. The first-order valence-corrected chi connectivity index (χ1v) is 17.4. The number of hydrogen-bond donors (Lipinski definition) is 3. The Balaban J connectivity index is 1.04. The van der Waals surface area contributed by atoms with Gasteiger partial charge in [0, 0.05) is 73.4 Å². The minimum Gasteiger partial charge on any atom is -0.491 e. The highest BCUT2D eigenvalue weighted by Crippen LogP contribution is 2.44. The number of ether oxygens (including phenoxy) is 3.